The highest BCUT2D eigenvalue weighted by Gasteiger charge is 2.72. The first-order chi connectivity index (χ1) is 23.0. The lowest BCUT2D eigenvalue weighted by molar-refractivity contribution is -0.346. The maximum atomic E-state index is 12.5. The Labute approximate surface area is 285 Å². The van der Waals surface area contributed by atoms with E-state index in [1.807, 2.05) is 13.8 Å². The molecule has 7 rings (SSSR count). The van der Waals surface area contributed by atoms with Crippen LogP contribution in [0.4, 0.5) is 0 Å². The second-order valence-electron chi connectivity index (χ2n) is 16.5. The lowest BCUT2D eigenvalue weighted by Gasteiger charge is -2.67. The Morgan fingerprint density at radius 2 is 1.63 bits per heavy atom. The van der Waals surface area contributed by atoms with Crippen molar-refractivity contribution in [3.63, 3.8) is 0 Å². The van der Waals surface area contributed by atoms with Crippen LogP contribution in [0.25, 0.3) is 0 Å². The minimum absolute atomic E-state index is 0.0297. The summed E-state index contributed by atoms with van der Waals surface area (Å²) < 4.78 is 28.9. The molecule has 0 radical (unpaired) electrons. The zero-order valence-electron chi connectivity index (χ0n) is 28.5. The molecule has 2 saturated heterocycles. The van der Waals surface area contributed by atoms with Crippen molar-refractivity contribution in [2.24, 2.45) is 28.6 Å². The number of carbonyl (C=O) groups is 1. The van der Waals surface area contributed by atoms with Gasteiger partial charge in [-0.05, 0) is 75.2 Å². The number of aliphatic hydroxyl groups excluding tert-OH is 6. The highest BCUT2D eigenvalue weighted by molar-refractivity contribution is 5.85. The molecule has 0 spiro atoms. The highest BCUT2D eigenvalue weighted by Crippen LogP contribution is 2.70. The number of fused-ring (bicyclic) bond motifs is 5. The molecule has 18 atom stereocenters. The summed E-state index contributed by atoms with van der Waals surface area (Å²) in [5, 5.41) is 87.8. The van der Waals surface area contributed by atoms with E-state index >= 15 is 0 Å². The summed E-state index contributed by atoms with van der Waals surface area (Å²) in [5.74, 6) is -0.965. The van der Waals surface area contributed by atoms with Gasteiger partial charge in [-0.15, -0.1) is 0 Å². The minimum atomic E-state index is -1.62. The van der Waals surface area contributed by atoms with E-state index in [0.717, 1.165) is 5.57 Å². The van der Waals surface area contributed by atoms with Crippen molar-refractivity contribution in [1.29, 1.82) is 0 Å². The smallest absolute Gasteiger partial charge is 0.331 e. The Balaban J connectivity index is 1.00. The SMILES string of the molecule is C[C@H]1O[C@@H](O[C@H]2CC[C@]3(C)[C@H]4[C@H](O)C[C@]5(C)[C@@H](C6=CC(=O)OC6)CC[C@]5(O)[C@@H]4CC[C@]3(O)C2)C[C@H](O)[C@@H]1O[C@@H]1O[C@H](CO)[C@@H](O)[C@H](O)[C@H]1O. The van der Waals surface area contributed by atoms with Crippen molar-refractivity contribution < 1.29 is 69.3 Å². The van der Waals surface area contributed by atoms with E-state index in [0.29, 0.717) is 51.4 Å². The van der Waals surface area contributed by atoms with E-state index in [1.54, 1.807) is 13.0 Å². The fourth-order valence-electron chi connectivity index (χ4n) is 11.4. The van der Waals surface area contributed by atoms with Gasteiger partial charge in [0.15, 0.2) is 12.6 Å². The Morgan fingerprint density at radius 1 is 0.878 bits per heavy atom. The summed E-state index contributed by atoms with van der Waals surface area (Å²) in [4.78, 5) is 11.9. The molecule has 3 heterocycles. The lowest BCUT2D eigenvalue weighted by atomic mass is 9.41. The maximum absolute atomic E-state index is 12.5. The zero-order chi connectivity index (χ0) is 35.3. The molecular formula is C35H54O14. The van der Waals surface area contributed by atoms with Crippen LogP contribution in [0.5, 0.6) is 0 Å². The van der Waals surface area contributed by atoms with Gasteiger partial charge < -0.3 is 64.5 Å². The predicted octanol–water partition coefficient (Wildman–Crippen LogP) is -0.605. The molecule has 14 heteroatoms. The lowest BCUT2D eigenvalue weighted by Crippen LogP contribution is -2.70. The van der Waals surface area contributed by atoms with E-state index in [9.17, 15) is 45.6 Å². The minimum Gasteiger partial charge on any atom is -0.458 e. The number of cyclic esters (lactones) is 1. The summed E-state index contributed by atoms with van der Waals surface area (Å²) in [6, 6.07) is 0. The molecule has 0 amide bonds. The fourth-order valence-corrected chi connectivity index (χ4v) is 11.4. The molecule has 4 saturated carbocycles. The van der Waals surface area contributed by atoms with Gasteiger partial charge in [0.25, 0.3) is 0 Å². The number of carbonyl (C=O) groups excluding carboxylic acids is 1. The Hall–Kier alpha value is -1.27. The van der Waals surface area contributed by atoms with Gasteiger partial charge in [-0.1, -0.05) is 13.8 Å². The molecule has 278 valence electrons. The number of rotatable bonds is 6. The molecule has 0 aromatic heterocycles. The molecule has 0 aromatic rings. The van der Waals surface area contributed by atoms with Crippen LogP contribution in [0.15, 0.2) is 11.6 Å². The summed E-state index contributed by atoms with van der Waals surface area (Å²) in [6.07, 6.45) is -6.43. The Kier molecular flexibility index (Phi) is 9.36. The first-order valence-electron chi connectivity index (χ1n) is 18.0. The number of ether oxygens (including phenoxy) is 5. The summed E-state index contributed by atoms with van der Waals surface area (Å²) >= 11 is 0. The third-order valence-electron chi connectivity index (χ3n) is 14.1. The monoisotopic (exact) mass is 698 g/mol. The molecule has 0 unspecified atom stereocenters. The van der Waals surface area contributed by atoms with Gasteiger partial charge in [-0.2, -0.15) is 0 Å². The number of hydrogen-bond acceptors (Lipinski definition) is 14. The normalized spacial score (nSPS) is 56.0. The van der Waals surface area contributed by atoms with Crippen LogP contribution in [-0.2, 0) is 28.5 Å². The first-order valence-corrected chi connectivity index (χ1v) is 18.0. The van der Waals surface area contributed by atoms with Crippen LogP contribution < -0.4 is 0 Å². The average molecular weight is 699 g/mol. The summed E-state index contributed by atoms with van der Waals surface area (Å²) in [5.41, 5.74) is -2.63. The van der Waals surface area contributed by atoms with E-state index in [2.05, 4.69) is 0 Å². The summed E-state index contributed by atoms with van der Waals surface area (Å²) in [7, 11) is 0. The van der Waals surface area contributed by atoms with Crippen LogP contribution in [-0.4, -0.2) is 139 Å². The highest BCUT2D eigenvalue weighted by atomic mass is 16.7. The molecule has 6 fully saturated rings. The number of esters is 1. The molecule has 4 aliphatic carbocycles. The van der Waals surface area contributed by atoms with Crippen molar-refractivity contribution >= 4 is 5.97 Å². The average Bonchev–Trinajstić information content (AvgIpc) is 3.58. The maximum Gasteiger partial charge on any atom is 0.331 e. The molecule has 8 N–H and O–H groups in total. The third kappa shape index (κ3) is 5.56. The molecular weight excluding hydrogens is 644 g/mol. The van der Waals surface area contributed by atoms with Gasteiger partial charge in [0.05, 0.1) is 42.2 Å². The third-order valence-corrected chi connectivity index (χ3v) is 14.1. The quantitative estimate of drug-likeness (QED) is 0.128. The molecule has 7 aliphatic rings. The first kappa shape index (κ1) is 36.1. The van der Waals surface area contributed by atoms with E-state index in [1.165, 1.54) is 0 Å². The molecule has 0 bridgehead atoms. The Bertz CT molecular complexity index is 1280. The van der Waals surface area contributed by atoms with E-state index in [-0.39, 0.29) is 36.8 Å². The summed E-state index contributed by atoms with van der Waals surface area (Å²) in [6.45, 7) is 5.37. The van der Waals surface area contributed by atoms with Gasteiger partial charge in [0.1, 0.15) is 37.1 Å². The van der Waals surface area contributed by atoms with Gasteiger partial charge in [-0.25, -0.2) is 4.79 Å². The molecule has 49 heavy (non-hydrogen) atoms. The molecule has 3 aliphatic heterocycles. The van der Waals surface area contributed by atoms with Crippen LogP contribution in [0.2, 0.25) is 0 Å². The van der Waals surface area contributed by atoms with Gasteiger partial charge >= 0.3 is 5.97 Å². The van der Waals surface area contributed by atoms with Crippen LogP contribution in [0.3, 0.4) is 0 Å². The largest absolute Gasteiger partial charge is 0.458 e. The second-order valence-corrected chi connectivity index (χ2v) is 16.5. The second kappa shape index (κ2) is 12.7. The molecule has 0 aromatic carbocycles. The number of aliphatic hydroxyl groups is 8. The van der Waals surface area contributed by atoms with Crippen molar-refractivity contribution in [1.82, 2.24) is 0 Å². The van der Waals surface area contributed by atoms with Crippen molar-refractivity contribution in [2.75, 3.05) is 13.2 Å². The van der Waals surface area contributed by atoms with Crippen LogP contribution in [0, 0.1) is 28.6 Å². The van der Waals surface area contributed by atoms with Gasteiger partial charge in [-0.3, -0.25) is 0 Å². The van der Waals surface area contributed by atoms with Crippen molar-refractivity contribution in [3.05, 3.63) is 11.6 Å². The van der Waals surface area contributed by atoms with Crippen LogP contribution >= 0.6 is 0 Å². The topological polar surface area (TPSA) is 225 Å². The number of hydrogen-bond donors (Lipinski definition) is 8. The fraction of sp³-hybridized carbons (Fsp3) is 0.914. The zero-order valence-corrected chi connectivity index (χ0v) is 28.5. The van der Waals surface area contributed by atoms with E-state index in [4.69, 9.17) is 23.7 Å². The van der Waals surface area contributed by atoms with Crippen molar-refractivity contribution in [2.45, 2.75) is 157 Å². The van der Waals surface area contributed by atoms with E-state index < -0.39 is 96.2 Å². The van der Waals surface area contributed by atoms with Crippen LogP contribution in [0.1, 0.15) is 78.6 Å². The molecule has 14 nitrogen and oxygen atoms in total. The standard InChI is InChI=1S/C35H54O14/c1-16-30(49-31-29(42)28(41)27(40)23(14-36)48-31)21(37)11-25(46-16)47-18-4-7-32(2)26-20(5-8-34(32,43)12-18)35(44)9-6-19(17-10-24(39)45-15-17)33(35,3)13-22(26)38/h10,16,18-23,25-31,36-38,40-44H,4-9,11-15H2,1-3H3/t16-,18+,19-,20-,21+,22-,23-,25+,26-,27-,28+,29-,30-,31+,32-,33-,34+,35+/m1/s1. The van der Waals surface area contributed by atoms with Gasteiger partial charge in [0, 0.05) is 29.7 Å². The Morgan fingerprint density at radius 3 is 2.31 bits per heavy atom. The van der Waals surface area contributed by atoms with Crippen molar-refractivity contribution in [3.8, 4) is 0 Å². The predicted molar refractivity (Wildman–Crippen MR) is 167 cm³/mol. The van der Waals surface area contributed by atoms with Gasteiger partial charge in [0.2, 0.25) is 0 Å².